The Labute approximate surface area is 114 Å². The van der Waals surface area contributed by atoms with Crippen LogP contribution in [0.25, 0.3) is 0 Å². The summed E-state index contributed by atoms with van der Waals surface area (Å²) in [6.07, 6.45) is 8.74. The van der Waals surface area contributed by atoms with E-state index in [1.165, 1.54) is 32.1 Å². The minimum atomic E-state index is -0.192. The van der Waals surface area contributed by atoms with Crippen LogP contribution in [-0.2, 0) is 9.59 Å². The maximum absolute atomic E-state index is 11.6. The van der Waals surface area contributed by atoms with Crippen LogP contribution in [0.3, 0.4) is 0 Å². The van der Waals surface area contributed by atoms with E-state index in [0.29, 0.717) is 12.2 Å². The van der Waals surface area contributed by atoms with Crippen LogP contribution in [0.15, 0.2) is 0 Å². The van der Waals surface area contributed by atoms with Crippen LogP contribution in [0.1, 0.15) is 58.3 Å². The Morgan fingerprint density at radius 1 is 1.33 bits per heavy atom. The number of amides is 1. The predicted molar refractivity (Wildman–Crippen MR) is 76.9 cm³/mol. The van der Waals surface area contributed by atoms with Gasteiger partial charge in [0.25, 0.3) is 0 Å². The zero-order valence-electron chi connectivity index (χ0n) is 11.4. The number of rotatable bonds is 9. The molecule has 0 radical (unpaired) electrons. The Kier molecular flexibility index (Phi) is 8.14. The lowest BCUT2D eigenvalue weighted by Crippen LogP contribution is -2.38. The Morgan fingerprint density at radius 2 is 2.11 bits per heavy atom. The van der Waals surface area contributed by atoms with Gasteiger partial charge < -0.3 is 5.32 Å². The molecule has 1 aliphatic carbocycles. The minimum Gasteiger partial charge on any atom is -0.346 e. The summed E-state index contributed by atoms with van der Waals surface area (Å²) in [5, 5.41) is 2.83. The molecule has 0 aromatic carbocycles. The number of thioether (sulfide) groups is 1. The van der Waals surface area contributed by atoms with Crippen molar-refractivity contribution >= 4 is 23.5 Å². The summed E-state index contributed by atoms with van der Waals surface area (Å²) in [5.41, 5.74) is 0. The van der Waals surface area contributed by atoms with E-state index in [-0.39, 0.29) is 17.7 Å². The molecule has 1 saturated carbocycles. The van der Waals surface area contributed by atoms with Gasteiger partial charge in [0.05, 0.1) is 11.8 Å². The second-order valence-corrected chi connectivity index (χ2v) is 6.05. The quantitative estimate of drug-likeness (QED) is 0.656. The van der Waals surface area contributed by atoms with Crippen LogP contribution in [0.5, 0.6) is 0 Å². The summed E-state index contributed by atoms with van der Waals surface area (Å²) in [4.78, 5) is 23.0. The molecular weight excluding hydrogens is 246 g/mol. The van der Waals surface area contributed by atoms with Gasteiger partial charge in [-0.25, -0.2) is 0 Å². The summed E-state index contributed by atoms with van der Waals surface area (Å²) in [7, 11) is 0. The third kappa shape index (κ3) is 6.43. The van der Waals surface area contributed by atoms with Gasteiger partial charge in [-0.3, -0.25) is 9.59 Å². The Bertz CT molecular complexity index is 269. The fourth-order valence-electron chi connectivity index (χ4n) is 2.18. The summed E-state index contributed by atoms with van der Waals surface area (Å²) < 4.78 is 0. The summed E-state index contributed by atoms with van der Waals surface area (Å²) in [6.45, 7) is 2.21. The summed E-state index contributed by atoms with van der Waals surface area (Å²) in [6, 6.07) is -0.192. The predicted octanol–water partition coefficient (Wildman–Crippen LogP) is 2.93. The second-order valence-electron chi connectivity index (χ2n) is 4.95. The highest BCUT2D eigenvalue weighted by Gasteiger charge is 2.25. The molecule has 18 heavy (non-hydrogen) atoms. The molecule has 0 bridgehead atoms. The fourth-order valence-corrected chi connectivity index (χ4v) is 3.00. The van der Waals surface area contributed by atoms with E-state index in [4.69, 9.17) is 0 Å². The molecule has 3 nitrogen and oxygen atoms in total. The standard InChI is InChI=1S/C14H25NO2S/c1-2-3-4-5-6-10-18-11-14(17)15-12-8-7-9-13(12)16/h12H,2-11H2,1H3,(H,15,17). The monoisotopic (exact) mass is 271 g/mol. The smallest absolute Gasteiger partial charge is 0.230 e. The van der Waals surface area contributed by atoms with E-state index >= 15 is 0 Å². The highest BCUT2D eigenvalue weighted by Crippen LogP contribution is 2.14. The van der Waals surface area contributed by atoms with Gasteiger partial charge in [-0.15, -0.1) is 0 Å². The van der Waals surface area contributed by atoms with Crippen molar-refractivity contribution in [1.82, 2.24) is 5.32 Å². The van der Waals surface area contributed by atoms with Gasteiger partial charge in [0.1, 0.15) is 0 Å². The fraction of sp³-hybridized carbons (Fsp3) is 0.857. The molecule has 0 aromatic rings. The van der Waals surface area contributed by atoms with Crippen LogP contribution >= 0.6 is 11.8 Å². The molecule has 0 spiro atoms. The van der Waals surface area contributed by atoms with Crippen molar-refractivity contribution in [3.05, 3.63) is 0 Å². The van der Waals surface area contributed by atoms with Crippen molar-refractivity contribution in [1.29, 1.82) is 0 Å². The summed E-state index contributed by atoms with van der Waals surface area (Å²) >= 11 is 1.68. The highest BCUT2D eigenvalue weighted by atomic mass is 32.2. The largest absolute Gasteiger partial charge is 0.346 e. The number of hydrogen-bond donors (Lipinski definition) is 1. The molecule has 1 unspecified atom stereocenters. The van der Waals surface area contributed by atoms with E-state index in [9.17, 15) is 9.59 Å². The maximum atomic E-state index is 11.6. The lowest BCUT2D eigenvalue weighted by Gasteiger charge is -2.10. The van der Waals surface area contributed by atoms with Gasteiger partial charge in [0.2, 0.25) is 5.91 Å². The maximum Gasteiger partial charge on any atom is 0.230 e. The lowest BCUT2D eigenvalue weighted by molar-refractivity contribution is -0.125. The van der Waals surface area contributed by atoms with Crippen LogP contribution in [0, 0.1) is 0 Å². The molecule has 1 aliphatic rings. The minimum absolute atomic E-state index is 0.0220. The van der Waals surface area contributed by atoms with Gasteiger partial charge in [0, 0.05) is 6.42 Å². The average Bonchev–Trinajstić information content (AvgIpc) is 2.74. The first-order chi connectivity index (χ1) is 8.74. The molecule has 1 atom stereocenters. The first-order valence-electron chi connectivity index (χ1n) is 7.14. The Hall–Kier alpha value is -0.510. The van der Waals surface area contributed by atoms with Gasteiger partial charge in [-0.1, -0.05) is 32.6 Å². The van der Waals surface area contributed by atoms with Crippen molar-refractivity contribution in [3.63, 3.8) is 0 Å². The normalized spacial score (nSPS) is 19.2. The molecule has 104 valence electrons. The molecule has 0 aromatic heterocycles. The molecule has 1 fully saturated rings. The molecule has 0 aliphatic heterocycles. The van der Waals surface area contributed by atoms with E-state index in [1.54, 1.807) is 11.8 Å². The molecular formula is C14H25NO2S. The van der Waals surface area contributed by atoms with Crippen LogP contribution in [0.2, 0.25) is 0 Å². The van der Waals surface area contributed by atoms with Gasteiger partial charge in [-0.2, -0.15) is 11.8 Å². The Balaban J connectivity index is 1.95. The molecule has 0 heterocycles. The number of carbonyl (C=O) groups is 2. The van der Waals surface area contributed by atoms with E-state index in [1.807, 2.05) is 0 Å². The van der Waals surface area contributed by atoms with Crippen molar-refractivity contribution in [2.24, 2.45) is 0 Å². The number of nitrogens with one attached hydrogen (secondary N) is 1. The van der Waals surface area contributed by atoms with Crippen LogP contribution in [-0.4, -0.2) is 29.2 Å². The summed E-state index contributed by atoms with van der Waals surface area (Å²) in [5.74, 6) is 1.77. The third-order valence-electron chi connectivity index (χ3n) is 3.27. The molecule has 0 saturated heterocycles. The topological polar surface area (TPSA) is 46.2 Å². The number of Topliss-reactive ketones (excluding diaryl/α,β-unsaturated/α-hetero) is 1. The van der Waals surface area contributed by atoms with Crippen molar-refractivity contribution in [3.8, 4) is 0 Å². The third-order valence-corrected chi connectivity index (χ3v) is 4.31. The number of hydrogen-bond acceptors (Lipinski definition) is 3. The second kappa shape index (κ2) is 9.42. The first-order valence-corrected chi connectivity index (χ1v) is 8.29. The zero-order chi connectivity index (χ0) is 13.2. The van der Waals surface area contributed by atoms with Crippen molar-refractivity contribution < 1.29 is 9.59 Å². The van der Waals surface area contributed by atoms with E-state index in [2.05, 4.69) is 12.2 Å². The van der Waals surface area contributed by atoms with Gasteiger partial charge in [-0.05, 0) is 25.0 Å². The van der Waals surface area contributed by atoms with Gasteiger partial charge >= 0.3 is 0 Å². The van der Waals surface area contributed by atoms with Crippen molar-refractivity contribution in [2.45, 2.75) is 64.3 Å². The molecule has 1 amide bonds. The van der Waals surface area contributed by atoms with Crippen LogP contribution < -0.4 is 5.32 Å². The first kappa shape index (κ1) is 15.5. The molecule has 1 N–H and O–H groups in total. The van der Waals surface area contributed by atoms with Gasteiger partial charge in [0.15, 0.2) is 5.78 Å². The van der Waals surface area contributed by atoms with E-state index < -0.39 is 0 Å². The van der Waals surface area contributed by atoms with Crippen LogP contribution in [0.4, 0.5) is 0 Å². The molecule has 1 rings (SSSR count). The highest BCUT2D eigenvalue weighted by molar-refractivity contribution is 7.99. The molecule has 4 heteroatoms. The van der Waals surface area contributed by atoms with E-state index in [0.717, 1.165) is 18.6 Å². The Morgan fingerprint density at radius 3 is 2.78 bits per heavy atom. The lowest BCUT2D eigenvalue weighted by atomic mass is 10.2. The zero-order valence-corrected chi connectivity index (χ0v) is 12.2. The SMILES string of the molecule is CCCCCCCSCC(=O)NC1CCCC1=O. The average molecular weight is 271 g/mol. The number of ketones is 1. The van der Waals surface area contributed by atoms with Crippen molar-refractivity contribution in [2.75, 3.05) is 11.5 Å². The number of carbonyl (C=O) groups excluding carboxylic acids is 2. The number of unbranched alkanes of at least 4 members (excludes halogenated alkanes) is 4.